The smallest absolute Gasteiger partial charge is 0.169 e. The fourth-order valence-electron chi connectivity index (χ4n) is 4.04. The van der Waals surface area contributed by atoms with E-state index in [9.17, 15) is 8.78 Å². The van der Waals surface area contributed by atoms with Crippen LogP contribution in [-0.4, -0.2) is 14.2 Å². The number of methoxy groups -OCH3 is 2. The second-order valence-electron chi connectivity index (χ2n) is 7.09. The lowest BCUT2D eigenvalue weighted by molar-refractivity contribution is 0.356. The highest BCUT2D eigenvalue weighted by Crippen LogP contribution is 2.42. The zero-order valence-electron chi connectivity index (χ0n) is 16.7. The van der Waals surface area contributed by atoms with Gasteiger partial charge in [-0.1, -0.05) is 42.0 Å². The lowest BCUT2D eigenvalue weighted by Crippen LogP contribution is -2.32. The van der Waals surface area contributed by atoms with Gasteiger partial charge in [-0.25, -0.2) is 8.78 Å². The summed E-state index contributed by atoms with van der Waals surface area (Å²) in [4.78, 5) is 0. The molecule has 29 heavy (non-hydrogen) atoms. The molecule has 1 aliphatic rings. The van der Waals surface area contributed by atoms with Gasteiger partial charge in [-0.05, 0) is 48.4 Å². The Morgan fingerprint density at radius 3 is 1.86 bits per heavy atom. The molecule has 0 saturated heterocycles. The van der Waals surface area contributed by atoms with Gasteiger partial charge >= 0.3 is 0 Å². The van der Waals surface area contributed by atoms with Crippen molar-refractivity contribution in [3.05, 3.63) is 70.1 Å². The Morgan fingerprint density at radius 2 is 1.28 bits per heavy atom. The molecule has 0 radical (unpaired) electrons. The van der Waals surface area contributed by atoms with Crippen molar-refractivity contribution in [3.63, 3.8) is 0 Å². The normalized spacial score (nSPS) is 12.6. The van der Waals surface area contributed by atoms with E-state index in [-0.39, 0.29) is 11.6 Å². The van der Waals surface area contributed by atoms with Crippen LogP contribution in [0.25, 0.3) is 34.4 Å². The minimum Gasteiger partial charge on any atom is -0.492 e. The maximum atomic E-state index is 14.9. The first-order valence-electron chi connectivity index (χ1n) is 9.56. The third-order valence-corrected chi connectivity index (χ3v) is 5.30. The third kappa shape index (κ3) is 3.19. The molecular formula is C25H22F2O2. The Kier molecular flexibility index (Phi) is 5.10. The summed E-state index contributed by atoms with van der Waals surface area (Å²) >= 11 is 0. The average molecular weight is 392 g/mol. The van der Waals surface area contributed by atoms with E-state index < -0.39 is 0 Å². The van der Waals surface area contributed by atoms with Crippen molar-refractivity contribution >= 4 is 12.2 Å². The molecule has 0 amide bonds. The fourth-order valence-corrected chi connectivity index (χ4v) is 4.04. The largest absolute Gasteiger partial charge is 0.492 e. The minimum absolute atomic E-state index is 0.337. The highest BCUT2D eigenvalue weighted by molar-refractivity contribution is 5.86. The molecule has 0 fully saturated rings. The van der Waals surface area contributed by atoms with E-state index in [0.717, 1.165) is 28.8 Å². The number of hydrogen-bond acceptors (Lipinski definition) is 2. The van der Waals surface area contributed by atoms with Gasteiger partial charge in [-0.3, -0.25) is 0 Å². The van der Waals surface area contributed by atoms with Crippen LogP contribution in [-0.2, 0) is 0 Å². The van der Waals surface area contributed by atoms with E-state index in [1.54, 1.807) is 30.3 Å². The molecule has 0 unspecified atom stereocenters. The third-order valence-electron chi connectivity index (χ3n) is 5.30. The van der Waals surface area contributed by atoms with Crippen molar-refractivity contribution in [2.75, 3.05) is 14.2 Å². The maximum absolute atomic E-state index is 14.9. The summed E-state index contributed by atoms with van der Waals surface area (Å²) in [7, 11) is 3.05. The van der Waals surface area contributed by atoms with Gasteiger partial charge in [0.2, 0.25) is 0 Å². The molecule has 0 aliphatic heterocycles. The van der Waals surface area contributed by atoms with Crippen molar-refractivity contribution in [2.45, 2.75) is 19.8 Å². The van der Waals surface area contributed by atoms with Gasteiger partial charge in [0.1, 0.15) is 11.6 Å². The first-order valence-corrected chi connectivity index (χ1v) is 9.56. The number of rotatable bonds is 4. The predicted octanol–water partition coefficient (Wildman–Crippen LogP) is 4.98. The summed E-state index contributed by atoms with van der Waals surface area (Å²) in [6.07, 6.45) is 5.77. The van der Waals surface area contributed by atoms with Crippen LogP contribution in [0, 0.1) is 18.6 Å². The lowest BCUT2D eigenvalue weighted by atomic mass is 9.89. The fraction of sp³-hybridized carbons (Fsp3) is 0.200. The summed E-state index contributed by atoms with van der Waals surface area (Å²) in [5, 5.41) is 1.69. The predicted molar refractivity (Wildman–Crippen MR) is 112 cm³/mol. The van der Waals surface area contributed by atoms with E-state index in [1.165, 1.54) is 26.4 Å². The molecule has 4 rings (SSSR count). The van der Waals surface area contributed by atoms with Crippen LogP contribution < -0.4 is 19.9 Å². The Balaban J connectivity index is 2.22. The monoisotopic (exact) mass is 392 g/mol. The van der Waals surface area contributed by atoms with Gasteiger partial charge in [0.05, 0.1) is 14.2 Å². The topological polar surface area (TPSA) is 18.5 Å². The molecule has 0 N–H and O–H groups in total. The van der Waals surface area contributed by atoms with Gasteiger partial charge in [0.25, 0.3) is 0 Å². The zero-order chi connectivity index (χ0) is 20.5. The number of hydrogen-bond donors (Lipinski definition) is 0. The molecule has 0 saturated carbocycles. The molecule has 0 aromatic heterocycles. The molecule has 4 heteroatoms. The highest BCUT2D eigenvalue weighted by Gasteiger charge is 2.25. The van der Waals surface area contributed by atoms with Crippen LogP contribution in [0.5, 0.6) is 11.5 Å². The summed E-state index contributed by atoms with van der Waals surface area (Å²) < 4.78 is 41.1. The molecular weight excluding hydrogens is 370 g/mol. The van der Waals surface area contributed by atoms with E-state index in [2.05, 4.69) is 12.2 Å². The van der Waals surface area contributed by atoms with E-state index in [4.69, 9.17) is 9.47 Å². The van der Waals surface area contributed by atoms with Crippen LogP contribution >= 0.6 is 0 Å². The van der Waals surface area contributed by atoms with Crippen molar-refractivity contribution in [1.82, 2.24) is 0 Å². The molecule has 0 bridgehead atoms. The van der Waals surface area contributed by atoms with Crippen molar-refractivity contribution in [2.24, 2.45) is 0 Å². The summed E-state index contributed by atoms with van der Waals surface area (Å²) in [6, 6.07) is 11.6. The Morgan fingerprint density at radius 1 is 0.724 bits per heavy atom. The molecule has 0 spiro atoms. The number of fused-ring (bicyclic) bond motifs is 1. The maximum Gasteiger partial charge on any atom is 0.169 e. The summed E-state index contributed by atoms with van der Waals surface area (Å²) in [5.41, 5.74) is 3.08. The van der Waals surface area contributed by atoms with E-state index in [0.29, 0.717) is 33.8 Å². The summed E-state index contributed by atoms with van der Waals surface area (Å²) in [5.74, 6) is 0.124. The minimum atomic E-state index is -0.344. The second-order valence-corrected chi connectivity index (χ2v) is 7.09. The number of halogens is 2. The van der Waals surface area contributed by atoms with Crippen LogP contribution in [0.15, 0.2) is 42.5 Å². The van der Waals surface area contributed by atoms with Crippen LogP contribution in [0.1, 0.15) is 18.4 Å². The Bertz CT molecular complexity index is 1210. The number of benzene rings is 3. The molecule has 3 aromatic carbocycles. The van der Waals surface area contributed by atoms with Gasteiger partial charge in [0, 0.05) is 22.3 Å². The average Bonchev–Trinajstić information content (AvgIpc) is 2.74. The van der Waals surface area contributed by atoms with Crippen molar-refractivity contribution in [1.29, 1.82) is 0 Å². The van der Waals surface area contributed by atoms with E-state index in [1.807, 2.05) is 6.92 Å². The second kappa shape index (κ2) is 7.70. The van der Waals surface area contributed by atoms with Crippen LogP contribution in [0.3, 0.4) is 0 Å². The molecule has 3 aromatic rings. The highest BCUT2D eigenvalue weighted by atomic mass is 19.1. The molecule has 2 nitrogen and oxygen atoms in total. The zero-order valence-corrected chi connectivity index (χ0v) is 16.7. The standard InChI is InChI=1S/C25H22F2O2/c1-15-12-13-21(27)19(14-15)23-17-9-5-4-8-16(17)22(24(28-2)25(23)29-3)18-10-6-7-11-20(18)26/h6-14H,4-5H2,1-3H3. The SMILES string of the molecule is COc1c(OC)c(-c2cc(C)ccc2F)c2c(c1-c1ccccc1F)=CCCC=2. The van der Waals surface area contributed by atoms with Crippen LogP contribution in [0.2, 0.25) is 0 Å². The van der Waals surface area contributed by atoms with E-state index >= 15 is 0 Å². The quantitative estimate of drug-likeness (QED) is 0.624. The number of aryl methyl sites for hydroxylation is 1. The lowest BCUT2D eigenvalue weighted by Gasteiger charge is -2.21. The Hall–Kier alpha value is -3.14. The molecule has 0 heterocycles. The van der Waals surface area contributed by atoms with Crippen molar-refractivity contribution in [3.8, 4) is 33.8 Å². The van der Waals surface area contributed by atoms with Gasteiger partial charge in [0.15, 0.2) is 11.5 Å². The first kappa shape index (κ1) is 19.2. The molecule has 148 valence electrons. The van der Waals surface area contributed by atoms with Crippen LogP contribution in [0.4, 0.5) is 8.78 Å². The first-order chi connectivity index (χ1) is 14.1. The number of ether oxygens (including phenoxy) is 2. The van der Waals surface area contributed by atoms with Crippen molar-refractivity contribution < 1.29 is 18.3 Å². The Labute approximate surface area is 168 Å². The molecule has 0 atom stereocenters. The van der Waals surface area contributed by atoms with Gasteiger partial charge < -0.3 is 9.47 Å². The van der Waals surface area contributed by atoms with Gasteiger partial charge in [-0.15, -0.1) is 0 Å². The summed E-state index contributed by atoms with van der Waals surface area (Å²) in [6.45, 7) is 1.92. The molecule has 1 aliphatic carbocycles. The van der Waals surface area contributed by atoms with Gasteiger partial charge in [-0.2, -0.15) is 0 Å².